The molecule has 150 valence electrons. The number of aliphatic hydroxyl groups excluding tert-OH is 1. The van der Waals surface area contributed by atoms with Gasteiger partial charge < -0.3 is 15.7 Å². The molecule has 1 heterocycles. The Kier molecular flexibility index (Phi) is 10.3. The number of aliphatic imine (C=N–C) groups is 1. The molecule has 2 rings (SSSR count). The first-order valence-electron chi connectivity index (χ1n) is 7.86. The Morgan fingerprint density at radius 3 is 2.52 bits per heavy atom. The van der Waals surface area contributed by atoms with E-state index in [1.807, 2.05) is 6.92 Å². The number of aliphatic hydroxyl groups is 1. The average molecular weight is 534 g/mol. The van der Waals surface area contributed by atoms with Gasteiger partial charge in [0.15, 0.2) is 5.96 Å². The van der Waals surface area contributed by atoms with E-state index in [2.05, 4.69) is 20.6 Å². The molecule has 1 aromatic carbocycles. The van der Waals surface area contributed by atoms with Gasteiger partial charge >= 0.3 is 6.55 Å². The molecule has 0 aliphatic rings. The monoisotopic (exact) mass is 533 g/mol. The molecular weight excluding hydrogens is 514 g/mol. The van der Waals surface area contributed by atoms with Crippen LogP contribution in [0.15, 0.2) is 35.6 Å². The van der Waals surface area contributed by atoms with Crippen LogP contribution >= 0.6 is 47.2 Å². The van der Waals surface area contributed by atoms with Crippen LogP contribution in [0.2, 0.25) is 10.0 Å². The first-order valence-corrected chi connectivity index (χ1v) is 8.62. The number of hydrogen-bond donors (Lipinski definition) is 3. The summed E-state index contributed by atoms with van der Waals surface area (Å²) in [5.41, 5.74) is 0.555. The number of imidazole rings is 1. The maximum absolute atomic E-state index is 12.8. The second-order valence-electron chi connectivity index (χ2n) is 5.32. The number of guanidine groups is 1. The lowest BCUT2D eigenvalue weighted by molar-refractivity contribution is 0.0671. The fraction of sp³-hybridized carbons (Fsp3) is 0.375. The van der Waals surface area contributed by atoms with Crippen LogP contribution in [0.1, 0.15) is 31.0 Å². The van der Waals surface area contributed by atoms with Crippen molar-refractivity contribution >= 4 is 53.1 Å². The summed E-state index contributed by atoms with van der Waals surface area (Å²) >= 11 is 11.9. The minimum Gasteiger partial charge on any atom is -0.387 e. The SMILES string of the molecule is CCNC(=NCc1nccn1C(F)F)NCC(O)c1cc(Cl)cc(Cl)c1.I. The van der Waals surface area contributed by atoms with Gasteiger partial charge in [-0.15, -0.1) is 24.0 Å². The Bertz CT molecular complexity index is 740. The van der Waals surface area contributed by atoms with Crippen LogP contribution in [0.3, 0.4) is 0 Å². The summed E-state index contributed by atoms with van der Waals surface area (Å²) in [6, 6.07) is 4.80. The topological polar surface area (TPSA) is 74.5 Å². The van der Waals surface area contributed by atoms with Crippen LogP contribution < -0.4 is 10.6 Å². The molecule has 0 fully saturated rings. The van der Waals surface area contributed by atoms with Crippen molar-refractivity contribution in [2.24, 2.45) is 4.99 Å². The van der Waals surface area contributed by atoms with E-state index in [0.29, 0.717) is 28.1 Å². The minimum atomic E-state index is -2.67. The molecule has 6 nitrogen and oxygen atoms in total. The van der Waals surface area contributed by atoms with Crippen LogP contribution in [-0.4, -0.2) is 33.7 Å². The molecule has 1 unspecified atom stereocenters. The second kappa shape index (κ2) is 11.6. The molecule has 1 atom stereocenters. The standard InChI is InChI=1S/C16H19Cl2F2N5O.HI/c1-2-21-16(24-9-14-22-3-4-25(14)15(19)20)23-8-13(26)10-5-11(17)7-12(18)6-10;/h3-7,13,15,26H,2,8-9H2,1H3,(H2,21,23,24);1H. The first kappa shape index (κ1) is 23.9. The summed E-state index contributed by atoms with van der Waals surface area (Å²) in [7, 11) is 0. The molecule has 11 heteroatoms. The predicted octanol–water partition coefficient (Wildman–Crippen LogP) is 3.99. The third-order valence-corrected chi connectivity index (χ3v) is 3.85. The third-order valence-electron chi connectivity index (χ3n) is 3.41. The van der Waals surface area contributed by atoms with Gasteiger partial charge in [0.25, 0.3) is 0 Å². The van der Waals surface area contributed by atoms with Crippen LogP contribution in [0.4, 0.5) is 8.78 Å². The maximum Gasteiger partial charge on any atom is 0.319 e. The number of hydrogen-bond acceptors (Lipinski definition) is 3. The normalized spacial score (nSPS) is 12.6. The van der Waals surface area contributed by atoms with Gasteiger partial charge in [-0.1, -0.05) is 23.2 Å². The Morgan fingerprint density at radius 2 is 1.93 bits per heavy atom. The fourth-order valence-corrected chi connectivity index (χ4v) is 2.76. The van der Waals surface area contributed by atoms with E-state index < -0.39 is 12.7 Å². The van der Waals surface area contributed by atoms with Crippen molar-refractivity contribution in [1.29, 1.82) is 0 Å². The highest BCUT2D eigenvalue weighted by molar-refractivity contribution is 14.0. The first-order chi connectivity index (χ1) is 12.4. The molecule has 0 spiro atoms. The Hall–Kier alpha value is -1.17. The smallest absolute Gasteiger partial charge is 0.319 e. The van der Waals surface area contributed by atoms with Crippen LogP contribution in [0.5, 0.6) is 0 Å². The molecule has 0 aliphatic carbocycles. The Labute approximate surface area is 183 Å². The molecule has 1 aromatic heterocycles. The molecule has 0 saturated heterocycles. The number of rotatable bonds is 7. The van der Waals surface area contributed by atoms with Gasteiger partial charge in [-0.25, -0.2) is 9.98 Å². The molecular formula is C16H20Cl2F2IN5O. The lowest BCUT2D eigenvalue weighted by atomic mass is 10.1. The second-order valence-corrected chi connectivity index (χ2v) is 6.20. The molecule has 0 saturated carbocycles. The van der Waals surface area contributed by atoms with Crippen LogP contribution in [0, 0.1) is 0 Å². The predicted molar refractivity (Wildman–Crippen MR) is 113 cm³/mol. The molecule has 0 bridgehead atoms. The van der Waals surface area contributed by atoms with E-state index in [9.17, 15) is 13.9 Å². The maximum atomic E-state index is 12.8. The summed E-state index contributed by atoms with van der Waals surface area (Å²) in [6.07, 6.45) is 1.62. The Balaban J connectivity index is 0.00000364. The van der Waals surface area contributed by atoms with E-state index in [0.717, 1.165) is 4.57 Å². The highest BCUT2D eigenvalue weighted by Crippen LogP contribution is 2.23. The van der Waals surface area contributed by atoms with Gasteiger partial charge in [0.1, 0.15) is 12.4 Å². The minimum absolute atomic E-state index is 0. The van der Waals surface area contributed by atoms with Crippen LogP contribution in [-0.2, 0) is 6.54 Å². The number of halogens is 5. The van der Waals surface area contributed by atoms with E-state index in [-0.39, 0.29) is 42.9 Å². The number of nitrogens with zero attached hydrogens (tertiary/aromatic N) is 3. The van der Waals surface area contributed by atoms with Crippen molar-refractivity contribution in [1.82, 2.24) is 20.2 Å². The summed E-state index contributed by atoms with van der Waals surface area (Å²) in [5, 5.41) is 17.0. The lowest BCUT2D eigenvalue weighted by Crippen LogP contribution is -2.39. The van der Waals surface area contributed by atoms with E-state index in [1.54, 1.807) is 18.2 Å². The lowest BCUT2D eigenvalue weighted by Gasteiger charge is -2.16. The summed E-state index contributed by atoms with van der Waals surface area (Å²) in [5.74, 6) is 0.503. The number of nitrogens with one attached hydrogen (secondary N) is 2. The van der Waals surface area contributed by atoms with Gasteiger partial charge in [-0.3, -0.25) is 4.57 Å². The van der Waals surface area contributed by atoms with Crippen molar-refractivity contribution in [3.8, 4) is 0 Å². The molecule has 0 radical (unpaired) electrons. The highest BCUT2D eigenvalue weighted by atomic mass is 127. The molecule has 2 aromatic rings. The average Bonchev–Trinajstić information content (AvgIpc) is 3.05. The zero-order valence-corrected chi connectivity index (χ0v) is 18.2. The summed E-state index contributed by atoms with van der Waals surface area (Å²) < 4.78 is 26.4. The number of aromatic nitrogens is 2. The molecule has 3 N–H and O–H groups in total. The molecule has 0 amide bonds. The number of alkyl halides is 2. The van der Waals surface area contributed by atoms with E-state index in [4.69, 9.17) is 23.2 Å². The molecule has 0 aliphatic heterocycles. The van der Waals surface area contributed by atoms with Crippen LogP contribution in [0.25, 0.3) is 0 Å². The van der Waals surface area contributed by atoms with Crippen molar-refractivity contribution < 1.29 is 13.9 Å². The van der Waals surface area contributed by atoms with Gasteiger partial charge in [0.2, 0.25) is 0 Å². The summed E-state index contributed by atoms with van der Waals surface area (Å²) in [6.45, 7) is -0.149. The van der Waals surface area contributed by atoms with Crippen molar-refractivity contribution in [3.63, 3.8) is 0 Å². The largest absolute Gasteiger partial charge is 0.387 e. The van der Waals surface area contributed by atoms with Gasteiger partial charge in [-0.2, -0.15) is 8.78 Å². The van der Waals surface area contributed by atoms with E-state index in [1.165, 1.54) is 12.4 Å². The Morgan fingerprint density at radius 1 is 1.26 bits per heavy atom. The van der Waals surface area contributed by atoms with E-state index >= 15 is 0 Å². The van der Waals surface area contributed by atoms with Crippen molar-refractivity contribution in [2.75, 3.05) is 13.1 Å². The fourth-order valence-electron chi connectivity index (χ4n) is 2.21. The van der Waals surface area contributed by atoms with Gasteiger partial charge in [0, 0.05) is 35.5 Å². The van der Waals surface area contributed by atoms with Gasteiger partial charge in [0.05, 0.1) is 6.10 Å². The van der Waals surface area contributed by atoms with Crippen molar-refractivity contribution in [3.05, 3.63) is 52.0 Å². The molecule has 27 heavy (non-hydrogen) atoms. The number of benzene rings is 1. The highest BCUT2D eigenvalue weighted by Gasteiger charge is 2.12. The zero-order chi connectivity index (χ0) is 19.1. The van der Waals surface area contributed by atoms with Crippen molar-refractivity contribution in [2.45, 2.75) is 26.1 Å². The quantitative estimate of drug-likeness (QED) is 0.286. The van der Waals surface area contributed by atoms with Gasteiger partial charge in [-0.05, 0) is 30.7 Å². The summed E-state index contributed by atoms with van der Waals surface area (Å²) in [4.78, 5) is 8.09. The third kappa shape index (κ3) is 7.40. The zero-order valence-electron chi connectivity index (χ0n) is 14.4.